The van der Waals surface area contributed by atoms with E-state index in [1.54, 1.807) is 0 Å². The predicted octanol–water partition coefficient (Wildman–Crippen LogP) is 1.30. The van der Waals surface area contributed by atoms with Gasteiger partial charge in [-0.15, -0.1) is 0 Å². The van der Waals surface area contributed by atoms with Crippen LogP contribution >= 0.6 is 0 Å². The van der Waals surface area contributed by atoms with E-state index in [0.717, 1.165) is 13.0 Å². The molecule has 0 amide bonds. The summed E-state index contributed by atoms with van der Waals surface area (Å²) in [4.78, 5) is 14.3. The lowest BCUT2D eigenvalue weighted by molar-refractivity contribution is -0.145. The first kappa shape index (κ1) is 11.8. The van der Waals surface area contributed by atoms with Crippen molar-refractivity contribution >= 4 is 5.97 Å². The van der Waals surface area contributed by atoms with Crippen LogP contribution in [0.1, 0.15) is 18.9 Å². The topological polar surface area (TPSA) is 54.1 Å². The van der Waals surface area contributed by atoms with Crippen LogP contribution < -0.4 is 5.32 Å². The fourth-order valence-corrected chi connectivity index (χ4v) is 1.42. The minimum atomic E-state index is -0.140. The monoisotopic (exact) mass is 210 g/mol. The van der Waals surface area contributed by atoms with Gasteiger partial charge in [0.15, 0.2) is 0 Å². The maximum atomic E-state index is 11.3. The first-order chi connectivity index (χ1) is 7.27. The zero-order valence-electron chi connectivity index (χ0n) is 9.25. The zero-order chi connectivity index (χ0) is 11.1. The van der Waals surface area contributed by atoms with Gasteiger partial charge >= 0.3 is 5.97 Å². The zero-order valence-corrected chi connectivity index (χ0v) is 9.25. The van der Waals surface area contributed by atoms with E-state index in [1.165, 1.54) is 12.7 Å². The van der Waals surface area contributed by atoms with Crippen molar-refractivity contribution in [3.8, 4) is 0 Å². The molecule has 0 radical (unpaired) electrons. The summed E-state index contributed by atoms with van der Waals surface area (Å²) in [5.74, 6) is -0.187. The van der Waals surface area contributed by atoms with E-state index < -0.39 is 0 Å². The number of methoxy groups -OCH3 is 1. The molecule has 0 aliphatic carbocycles. The molecule has 0 spiro atoms. The second-order valence-corrected chi connectivity index (χ2v) is 3.48. The van der Waals surface area contributed by atoms with Crippen LogP contribution in [0.5, 0.6) is 0 Å². The highest BCUT2D eigenvalue weighted by molar-refractivity contribution is 5.72. The lowest BCUT2D eigenvalue weighted by atomic mass is 10.1. The first-order valence-corrected chi connectivity index (χ1v) is 5.18. The van der Waals surface area contributed by atoms with E-state index in [2.05, 4.69) is 10.3 Å². The Morgan fingerprint density at radius 1 is 1.67 bits per heavy atom. The van der Waals surface area contributed by atoms with Crippen LogP contribution in [0.3, 0.4) is 0 Å². The van der Waals surface area contributed by atoms with Gasteiger partial charge in [-0.2, -0.15) is 0 Å². The molecule has 0 saturated heterocycles. The molecule has 0 saturated carbocycles. The van der Waals surface area contributed by atoms with E-state index in [1.807, 2.05) is 25.4 Å². The predicted molar refractivity (Wildman–Crippen MR) is 58.3 cm³/mol. The molecule has 84 valence electrons. The van der Waals surface area contributed by atoms with Crippen LogP contribution in [-0.2, 0) is 16.1 Å². The van der Waals surface area contributed by atoms with Gasteiger partial charge < -0.3 is 15.0 Å². The molecular weight excluding hydrogens is 192 g/mol. The van der Waals surface area contributed by atoms with Crippen molar-refractivity contribution in [2.75, 3.05) is 13.7 Å². The molecule has 0 fully saturated rings. The van der Waals surface area contributed by atoms with Crippen molar-refractivity contribution < 1.29 is 9.53 Å². The highest BCUT2D eigenvalue weighted by Gasteiger charge is 2.15. The van der Waals surface area contributed by atoms with Crippen molar-refractivity contribution in [1.29, 1.82) is 0 Å². The number of hydrogen-bond acceptors (Lipinski definition) is 3. The summed E-state index contributed by atoms with van der Waals surface area (Å²) in [7, 11) is 1.43. The highest BCUT2D eigenvalue weighted by Crippen LogP contribution is 2.04. The Labute approximate surface area is 90.0 Å². The minimum absolute atomic E-state index is 0.0473. The minimum Gasteiger partial charge on any atom is -0.469 e. The highest BCUT2D eigenvalue weighted by atomic mass is 16.5. The molecule has 1 rings (SSSR count). The van der Waals surface area contributed by atoms with Crippen LogP contribution in [-0.4, -0.2) is 24.6 Å². The third kappa shape index (κ3) is 3.75. The first-order valence-electron chi connectivity index (χ1n) is 5.18. The number of carbonyl (C=O) groups excluding carboxylic acids is 1. The van der Waals surface area contributed by atoms with E-state index >= 15 is 0 Å². The smallest absolute Gasteiger partial charge is 0.309 e. The fourth-order valence-electron chi connectivity index (χ4n) is 1.42. The van der Waals surface area contributed by atoms with Crippen molar-refractivity contribution in [2.24, 2.45) is 5.92 Å². The summed E-state index contributed by atoms with van der Waals surface area (Å²) in [6, 6.07) is 2.01. The number of hydrogen-bond donors (Lipinski definition) is 2. The van der Waals surface area contributed by atoms with Gasteiger partial charge in [-0.25, -0.2) is 0 Å². The van der Waals surface area contributed by atoms with Crippen LogP contribution in [0.4, 0.5) is 0 Å². The number of aromatic amines is 1. The average molecular weight is 210 g/mol. The number of aromatic nitrogens is 1. The molecule has 2 N–H and O–H groups in total. The number of carbonyl (C=O) groups is 1. The SMILES string of the molecule is CCC(CNCc1cc[nH]c1)C(=O)OC. The standard InChI is InChI=1S/C11H18N2O2/c1-3-10(11(14)15-2)8-13-7-9-4-5-12-6-9/h4-6,10,12-13H,3,7-8H2,1-2H3. The third-order valence-corrected chi connectivity index (χ3v) is 2.41. The van der Waals surface area contributed by atoms with Gasteiger partial charge in [0, 0.05) is 25.5 Å². The summed E-state index contributed by atoms with van der Waals surface area (Å²) in [5, 5.41) is 3.23. The van der Waals surface area contributed by atoms with Crippen molar-refractivity contribution in [3.05, 3.63) is 24.0 Å². The third-order valence-electron chi connectivity index (χ3n) is 2.41. The largest absolute Gasteiger partial charge is 0.469 e. The molecule has 0 aliphatic heterocycles. The molecule has 0 aromatic carbocycles. The van der Waals surface area contributed by atoms with E-state index in [4.69, 9.17) is 4.74 Å². The summed E-state index contributed by atoms with van der Waals surface area (Å²) >= 11 is 0. The van der Waals surface area contributed by atoms with Gasteiger partial charge in [0.2, 0.25) is 0 Å². The van der Waals surface area contributed by atoms with Gasteiger partial charge in [-0.05, 0) is 18.1 Å². The quantitative estimate of drug-likeness (QED) is 0.696. The number of nitrogens with one attached hydrogen (secondary N) is 2. The lowest BCUT2D eigenvalue weighted by Crippen LogP contribution is -2.28. The van der Waals surface area contributed by atoms with Gasteiger partial charge in [0.05, 0.1) is 13.0 Å². The summed E-state index contributed by atoms with van der Waals surface area (Å²) in [6.45, 7) is 3.42. The fraction of sp³-hybridized carbons (Fsp3) is 0.545. The van der Waals surface area contributed by atoms with Gasteiger partial charge in [0.1, 0.15) is 0 Å². The average Bonchev–Trinajstić information content (AvgIpc) is 2.76. The van der Waals surface area contributed by atoms with Crippen LogP contribution in [0.25, 0.3) is 0 Å². The molecule has 15 heavy (non-hydrogen) atoms. The van der Waals surface area contributed by atoms with Crippen molar-refractivity contribution in [2.45, 2.75) is 19.9 Å². The number of ether oxygens (including phenoxy) is 1. The summed E-state index contributed by atoms with van der Waals surface area (Å²) < 4.78 is 4.71. The molecule has 4 heteroatoms. The molecule has 1 aromatic rings. The molecular formula is C11H18N2O2. The van der Waals surface area contributed by atoms with Gasteiger partial charge in [-0.1, -0.05) is 6.92 Å². The Hall–Kier alpha value is -1.29. The van der Waals surface area contributed by atoms with Crippen molar-refractivity contribution in [3.63, 3.8) is 0 Å². The maximum Gasteiger partial charge on any atom is 0.309 e. The van der Waals surface area contributed by atoms with Gasteiger partial charge in [0.25, 0.3) is 0 Å². The Balaban J connectivity index is 2.26. The second-order valence-electron chi connectivity index (χ2n) is 3.48. The van der Waals surface area contributed by atoms with Crippen LogP contribution in [0.2, 0.25) is 0 Å². The molecule has 1 atom stereocenters. The summed E-state index contributed by atoms with van der Waals surface area (Å²) in [6.07, 6.45) is 4.62. The Morgan fingerprint density at radius 3 is 3.00 bits per heavy atom. The van der Waals surface area contributed by atoms with Gasteiger partial charge in [-0.3, -0.25) is 4.79 Å². The maximum absolute atomic E-state index is 11.3. The number of H-pyrrole nitrogens is 1. The molecule has 1 aromatic heterocycles. The van der Waals surface area contributed by atoms with Crippen molar-refractivity contribution in [1.82, 2.24) is 10.3 Å². The molecule has 0 aliphatic rings. The van der Waals surface area contributed by atoms with E-state index in [0.29, 0.717) is 6.54 Å². The molecule has 1 heterocycles. The Morgan fingerprint density at radius 2 is 2.47 bits per heavy atom. The Bertz CT molecular complexity index is 283. The summed E-state index contributed by atoms with van der Waals surface area (Å²) in [5.41, 5.74) is 1.19. The lowest BCUT2D eigenvalue weighted by Gasteiger charge is -2.12. The van der Waals surface area contributed by atoms with Crippen LogP contribution in [0.15, 0.2) is 18.5 Å². The van der Waals surface area contributed by atoms with Crippen LogP contribution in [0, 0.1) is 5.92 Å². The molecule has 0 bridgehead atoms. The second kappa shape index (κ2) is 6.24. The molecule has 1 unspecified atom stereocenters. The molecule has 4 nitrogen and oxygen atoms in total. The number of rotatable bonds is 6. The van der Waals surface area contributed by atoms with E-state index in [9.17, 15) is 4.79 Å². The number of esters is 1. The Kier molecular flexibility index (Phi) is 4.90. The van der Waals surface area contributed by atoms with E-state index in [-0.39, 0.29) is 11.9 Å². The normalized spacial score (nSPS) is 12.4.